The lowest BCUT2D eigenvalue weighted by atomic mass is 9.71. The van der Waals surface area contributed by atoms with Crippen molar-refractivity contribution in [2.24, 2.45) is 17.3 Å². The quantitative estimate of drug-likeness (QED) is 0.424. The number of cyclic esters (lactones) is 1. The number of nitrogens with zero attached hydrogens (tertiary/aromatic N) is 1. The number of rotatable bonds is 4. The Bertz CT molecular complexity index is 949. The molecule has 0 amide bonds. The summed E-state index contributed by atoms with van der Waals surface area (Å²) in [4.78, 5) is 30.8. The van der Waals surface area contributed by atoms with Crippen molar-refractivity contribution >= 4 is 17.8 Å². The predicted octanol–water partition coefficient (Wildman–Crippen LogP) is 5.45. The molecule has 0 spiro atoms. The van der Waals surface area contributed by atoms with Gasteiger partial charge in [0.2, 0.25) is 0 Å². The molecule has 2 rings (SSSR count). The largest absolute Gasteiger partial charge is 0.457 e. The van der Waals surface area contributed by atoms with Crippen molar-refractivity contribution in [1.29, 1.82) is 0 Å². The standard InChI is InChI=1S/C30H43NO5/c1-7-11-24-28(34)21(3)13-10-12-20(2)15-16-25(22(4)18-23-14-8-9-17-31-23)36-27(33)19-26(32)30(5,6)29(24)35/h7-9,14-15,17-18,21,24-26,28,32,34H,1,10-13,16,19H2,2-6H3/b20-15-,22-18+/t21-,24+,25-,26-,28-/m0/s1. The number of Topliss-reactive ketones (excluding diaryl/α,β-unsaturated/α-hetero) is 1. The number of aliphatic hydroxyl groups excluding tert-OH is 2. The van der Waals surface area contributed by atoms with Gasteiger partial charge in [-0.15, -0.1) is 6.58 Å². The number of hydrogen-bond acceptors (Lipinski definition) is 6. The summed E-state index contributed by atoms with van der Waals surface area (Å²) in [5, 5.41) is 22.0. The third-order valence-electron chi connectivity index (χ3n) is 7.34. The fourth-order valence-electron chi connectivity index (χ4n) is 4.64. The first-order valence-corrected chi connectivity index (χ1v) is 12.9. The van der Waals surface area contributed by atoms with E-state index in [1.54, 1.807) is 26.1 Å². The fraction of sp³-hybridized carbons (Fsp3) is 0.567. The molecule has 36 heavy (non-hydrogen) atoms. The lowest BCUT2D eigenvalue weighted by molar-refractivity contribution is -0.154. The van der Waals surface area contributed by atoms with Gasteiger partial charge in [0.15, 0.2) is 0 Å². The average molecular weight is 498 g/mol. The van der Waals surface area contributed by atoms with Crippen LogP contribution < -0.4 is 0 Å². The SMILES string of the molecule is C=CC[C@H]1C(=O)C(C)(C)[C@@H](O)CC(=O)O[C@H](/C(C)=C/c2ccccn2)C/C=C(/C)CCC[C@H](C)[C@@H]1O. The lowest BCUT2D eigenvalue weighted by Crippen LogP contribution is -2.46. The smallest absolute Gasteiger partial charge is 0.309 e. The van der Waals surface area contributed by atoms with Crippen molar-refractivity contribution in [3.05, 3.63) is 60.0 Å². The van der Waals surface area contributed by atoms with Crippen molar-refractivity contribution in [2.45, 2.75) is 91.5 Å². The van der Waals surface area contributed by atoms with E-state index in [1.807, 2.05) is 38.1 Å². The monoisotopic (exact) mass is 497 g/mol. The van der Waals surface area contributed by atoms with Crippen LogP contribution in [0.3, 0.4) is 0 Å². The highest BCUT2D eigenvalue weighted by molar-refractivity contribution is 5.88. The van der Waals surface area contributed by atoms with Gasteiger partial charge in [0.25, 0.3) is 0 Å². The van der Waals surface area contributed by atoms with Crippen molar-refractivity contribution in [3.63, 3.8) is 0 Å². The van der Waals surface area contributed by atoms with Crippen LogP contribution >= 0.6 is 0 Å². The molecule has 2 N–H and O–H groups in total. The Morgan fingerprint density at radius 2 is 2.00 bits per heavy atom. The van der Waals surface area contributed by atoms with E-state index in [0.29, 0.717) is 12.8 Å². The highest BCUT2D eigenvalue weighted by atomic mass is 16.5. The molecule has 0 saturated carbocycles. The van der Waals surface area contributed by atoms with Crippen molar-refractivity contribution in [2.75, 3.05) is 0 Å². The highest BCUT2D eigenvalue weighted by Crippen LogP contribution is 2.34. The molecule has 1 aromatic rings. The number of allylic oxidation sites excluding steroid dienone is 2. The second-order valence-corrected chi connectivity index (χ2v) is 10.7. The molecule has 0 aromatic carbocycles. The minimum absolute atomic E-state index is 0.0891. The van der Waals surface area contributed by atoms with Gasteiger partial charge in [-0.1, -0.05) is 44.6 Å². The molecule has 0 fully saturated rings. The molecular formula is C30H43NO5. The Morgan fingerprint density at radius 1 is 1.28 bits per heavy atom. The number of pyridine rings is 1. The summed E-state index contributed by atoms with van der Waals surface area (Å²) >= 11 is 0. The van der Waals surface area contributed by atoms with E-state index >= 15 is 0 Å². The third-order valence-corrected chi connectivity index (χ3v) is 7.34. The summed E-state index contributed by atoms with van der Waals surface area (Å²) in [5.41, 5.74) is 1.55. The molecule has 0 aliphatic carbocycles. The number of aromatic nitrogens is 1. The maximum atomic E-state index is 13.5. The summed E-state index contributed by atoms with van der Waals surface area (Å²) < 4.78 is 5.83. The maximum Gasteiger partial charge on any atom is 0.309 e. The molecule has 0 radical (unpaired) electrons. The van der Waals surface area contributed by atoms with Gasteiger partial charge < -0.3 is 14.9 Å². The van der Waals surface area contributed by atoms with E-state index in [9.17, 15) is 19.8 Å². The predicted molar refractivity (Wildman–Crippen MR) is 143 cm³/mol. The first-order chi connectivity index (χ1) is 17.0. The van der Waals surface area contributed by atoms with Gasteiger partial charge >= 0.3 is 5.97 Å². The van der Waals surface area contributed by atoms with E-state index in [4.69, 9.17) is 4.74 Å². The van der Waals surface area contributed by atoms with Crippen molar-refractivity contribution in [1.82, 2.24) is 4.98 Å². The Labute approximate surface area is 216 Å². The molecule has 2 heterocycles. The van der Waals surface area contributed by atoms with Gasteiger partial charge in [-0.25, -0.2) is 0 Å². The lowest BCUT2D eigenvalue weighted by Gasteiger charge is -2.35. The zero-order chi connectivity index (χ0) is 26.9. The Hall–Kier alpha value is -2.57. The molecule has 1 aliphatic rings. The summed E-state index contributed by atoms with van der Waals surface area (Å²) in [7, 11) is 0. The second-order valence-electron chi connectivity index (χ2n) is 10.7. The Morgan fingerprint density at radius 3 is 2.64 bits per heavy atom. The zero-order valence-corrected chi connectivity index (χ0v) is 22.4. The van der Waals surface area contributed by atoms with Crippen LogP contribution in [0, 0.1) is 17.3 Å². The van der Waals surface area contributed by atoms with Crippen LogP contribution in [0.1, 0.15) is 78.8 Å². The summed E-state index contributed by atoms with van der Waals surface area (Å²) in [5.74, 6) is -1.63. The maximum absolute atomic E-state index is 13.5. The number of ketones is 1. The number of carbonyl (C=O) groups excluding carboxylic acids is 2. The molecule has 6 nitrogen and oxygen atoms in total. The number of ether oxygens (including phenoxy) is 1. The van der Waals surface area contributed by atoms with Crippen LogP contribution in [0.5, 0.6) is 0 Å². The van der Waals surface area contributed by atoms with Crippen LogP contribution in [-0.4, -0.2) is 45.3 Å². The van der Waals surface area contributed by atoms with Crippen molar-refractivity contribution in [3.8, 4) is 0 Å². The molecule has 5 atom stereocenters. The number of hydrogen-bond donors (Lipinski definition) is 2. The first kappa shape index (κ1) is 29.7. The zero-order valence-electron chi connectivity index (χ0n) is 22.4. The molecule has 0 saturated heterocycles. The highest BCUT2D eigenvalue weighted by Gasteiger charge is 2.43. The second kappa shape index (κ2) is 13.7. The normalized spacial score (nSPS) is 30.7. The number of aliphatic hydroxyl groups is 2. The van der Waals surface area contributed by atoms with Gasteiger partial charge in [0.1, 0.15) is 11.9 Å². The molecule has 198 valence electrons. The Balaban J connectivity index is 2.37. The summed E-state index contributed by atoms with van der Waals surface area (Å²) in [6, 6.07) is 5.62. The van der Waals surface area contributed by atoms with E-state index < -0.39 is 35.6 Å². The molecule has 0 unspecified atom stereocenters. The fourth-order valence-corrected chi connectivity index (χ4v) is 4.64. The van der Waals surface area contributed by atoms with Crippen LogP contribution in [0.15, 0.2) is 54.3 Å². The first-order valence-electron chi connectivity index (χ1n) is 12.9. The van der Waals surface area contributed by atoms with E-state index in [-0.39, 0.29) is 18.1 Å². The minimum atomic E-state index is -1.25. The van der Waals surface area contributed by atoms with Gasteiger partial charge in [0, 0.05) is 18.5 Å². The molecule has 6 heteroatoms. The van der Waals surface area contributed by atoms with E-state index in [1.165, 1.54) is 5.57 Å². The topological polar surface area (TPSA) is 96.7 Å². The molecule has 1 aromatic heterocycles. The van der Waals surface area contributed by atoms with Gasteiger partial charge in [-0.3, -0.25) is 14.6 Å². The Kier molecular flexibility index (Phi) is 11.3. The molecule has 1 aliphatic heterocycles. The minimum Gasteiger partial charge on any atom is -0.457 e. The molecule has 0 bridgehead atoms. The van der Waals surface area contributed by atoms with Gasteiger partial charge in [-0.2, -0.15) is 0 Å². The number of carbonyl (C=O) groups is 2. The van der Waals surface area contributed by atoms with E-state index in [0.717, 1.165) is 30.5 Å². The van der Waals surface area contributed by atoms with Crippen LogP contribution in [0.4, 0.5) is 0 Å². The summed E-state index contributed by atoms with van der Waals surface area (Å²) in [6.07, 6.45) is 7.69. The van der Waals surface area contributed by atoms with Crippen molar-refractivity contribution < 1.29 is 24.5 Å². The number of esters is 1. The van der Waals surface area contributed by atoms with Crippen LogP contribution in [-0.2, 0) is 14.3 Å². The van der Waals surface area contributed by atoms with Crippen LogP contribution in [0.25, 0.3) is 6.08 Å². The van der Waals surface area contributed by atoms with E-state index in [2.05, 4.69) is 24.6 Å². The summed E-state index contributed by atoms with van der Waals surface area (Å²) in [6.45, 7) is 12.9. The van der Waals surface area contributed by atoms with Gasteiger partial charge in [-0.05, 0) is 69.2 Å². The molecular weight excluding hydrogens is 454 g/mol. The third kappa shape index (κ3) is 8.24. The average Bonchev–Trinajstić information content (AvgIpc) is 2.84. The van der Waals surface area contributed by atoms with Gasteiger partial charge in [0.05, 0.1) is 29.7 Å². The van der Waals surface area contributed by atoms with Crippen LogP contribution in [0.2, 0.25) is 0 Å².